The van der Waals surface area contributed by atoms with Crippen LogP contribution in [0.4, 0.5) is 0 Å². The number of nitrogens with zero attached hydrogens (tertiary/aromatic N) is 1. The molecule has 1 aliphatic heterocycles. The van der Waals surface area contributed by atoms with Gasteiger partial charge in [0.2, 0.25) is 0 Å². The molecular formula is C13H19NO2S2. The van der Waals surface area contributed by atoms with Crippen LogP contribution in [0.25, 0.3) is 0 Å². The highest BCUT2D eigenvalue weighted by Crippen LogP contribution is 2.28. The van der Waals surface area contributed by atoms with Crippen LogP contribution in [0.15, 0.2) is 16.3 Å². The normalized spacial score (nSPS) is 25.2. The molecule has 1 aromatic rings. The summed E-state index contributed by atoms with van der Waals surface area (Å²) in [6, 6.07) is 4.30. The number of likely N-dealkylation sites (tertiary alicyclic amines) is 1. The molecule has 100 valence electrons. The predicted octanol–water partition coefficient (Wildman–Crippen LogP) is 3.01. The Morgan fingerprint density at radius 1 is 1.56 bits per heavy atom. The average Bonchev–Trinajstić information content (AvgIpc) is 2.76. The number of carbonyl (C=O) groups is 1. The Balaban J connectivity index is 1.97. The Hall–Kier alpha value is -0.520. The second-order valence-electron chi connectivity index (χ2n) is 4.99. The van der Waals surface area contributed by atoms with Gasteiger partial charge in [0.1, 0.15) is 0 Å². The largest absolute Gasteiger partial charge is 0.481 e. The topological polar surface area (TPSA) is 40.5 Å². The van der Waals surface area contributed by atoms with E-state index in [-0.39, 0.29) is 5.92 Å². The number of hydrogen-bond donors (Lipinski definition) is 1. The minimum Gasteiger partial charge on any atom is -0.481 e. The molecule has 1 aromatic heterocycles. The van der Waals surface area contributed by atoms with Gasteiger partial charge in [-0.2, -0.15) is 0 Å². The summed E-state index contributed by atoms with van der Waals surface area (Å²) < 4.78 is 1.32. The molecule has 3 nitrogen and oxygen atoms in total. The molecule has 0 saturated carbocycles. The van der Waals surface area contributed by atoms with Crippen LogP contribution in [0, 0.1) is 11.8 Å². The Morgan fingerprint density at radius 2 is 2.33 bits per heavy atom. The first-order chi connectivity index (χ1) is 8.58. The molecule has 2 heterocycles. The van der Waals surface area contributed by atoms with Crippen molar-refractivity contribution in [1.82, 2.24) is 4.90 Å². The number of hydrogen-bond acceptors (Lipinski definition) is 4. The Labute approximate surface area is 116 Å². The third-order valence-electron chi connectivity index (χ3n) is 3.30. The lowest BCUT2D eigenvalue weighted by atomic mass is 9.90. The molecule has 0 aromatic carbocycles. The van der Waals surface area contributed by atoms with Crippen LogP contribution in [0.5, 0.6) is 0 Å². The monoisotopic (exact) mass is 285 g/mol. The Kier molecular flexibility index (Phi) is 4.70. The lowest BCUT2D eigenvalue weighted by Crippen LogP contribution is -2.41. The van der Waals surface area contributed by atoms with E-state index in [0.717, 1.165) is 19.5 Å². The molecule has 0 amide bonds. The van der Waals surface area contributed by atoms with Crippen molar-refractivity contribution in [3.8, 4) is 0 Å². The first-order valence-electron chi connectivity index (χ1n) is 6.16. The van der Waals surface area contributed by atoms with Crippen LogP contribution < -0.4 is 0 Å². The number of aliphatic carboxylic acids is 1. The van der Waals surface area contributed by atoms with E-state index in [9.17, 15) is 4.79 Å². The van der Waals surface area contributed by atoms with Gasteiger partial charge in [-0.25, -0.2) is 0 Å². The predicted molar refractivity (Wildman–Crippen MR) is 76.3 cm³/mol. The summed E-state index contributed by atoms with van der Waals surface area (Å²) in [5.41, 5.74) is 0. The minimum atomic E-state index is -0.650. The van der Waals surface area contributed by atoms with Crippen LogP contribution in [0.1, 0.15) is 18.2 Å². The number of thioether (sulfide) groups is 1. The van der Waals surface area contributed by atoms with Crippen molar-refractivity contribution in [2.45, 2.75) is 24.1 Å². The van der Waals surface area contributed by atoms with Gasteiger partial charge in [-0.15, -0.1) is 23.1 Å². The van der Waals surface area contributed by atoms with E-state index in [1.165, 1.54) is 9.09 Å². The summed E-state index contributed by atoms with van der Waals surface area (Å²) in [6.45, 7) is 4.73. The van der Waals surface area contributed by atoms with Gasteiger partial charge in [-0.3, -0.25) is 9.69 Å². The lowest BCUT2D eigenvalue weighted by Gasteiger charge is -2.34. The quantitative estimate of drug-likeness (QED) is 0.863. The first kappa shape index (κ1) is 13.9. The standard InChI is InChI=1S/C13H19NO2S2/c1-9-5-10(13(15)16)7-14(6-9)8-11-3-4-12(17-2)18-11/h3-4,9-10H,5-8H2,1-2H3,(H,15,16). The van der Waals surface area contributed by atoms with Crippen LogP contribution in [0.2, 0.25) is 0 Å². The lowest BCUT2D eigenvalue weighted by molar-refractivity contribution is -0.144. The average molecular weight is 285 g/mol. The molecule has 0 aliphatic carbocycles. The number of thiophene rings is 1. The van der Waals surface area contributed by atoms with Crippen molar-refractivity contribution in [2.75, 3.05) is 19.3 Å². The van der Waals surface area contributed by atoms with Crippen LogP contribution in [-0.2, 0) is 11.3 Å². The maximum Gasteiger partial charge on any atom is 0.307 e. The first-order valence-corrected chi connectivity index (χ1v) is 8.20. The van der Waals surface area contributed by atoms with Gasteiger partial charge in [0.15, 0.2) is 0 Å². The molecule has 2 rings (SSSR count). The van der Waals surface area contributed by atoms with Gasteiger partial charge in [0, 0.05) is 24.5 Å². The van der Waals surface area contributed by atoms with Crippen molar-refractivity contribution in [1.29, 1.82) is 0 Å². The van der Waals surface area contributed by atoms with Crippen LogP contribution in [0.3, 0.4) is 0 Å². The highest BCUT2D eigenvalue weighted by atomic mass is 32.2. The fourth-order valence-electron chi connectivity index (χ4n) is 2.54. The van der Waals surface area contributed by atoms with Crippen molar-refractivity contribution in [3.63, 3.8) is 0 Å². The zero-order valence-corrected chi connectivity index (χ0v) is 12.4. The summed E-state index contributed by atoms with van der Waals surface area (Å²) >= 11 is 3.57. The number of piperidine rings is 1. The van der Waals surface area contributed by atoms with Crippen LogP contribution >= 0.6 is 23.1 Å². The molecule has 1 aliphatic rings. The molecular weight excluding hydrogens is 266 g/mol. The number of rotatable bonds is 4. The van der Waals surface area contributed by atoms with Gasteiger partial charge >= 0.3 is 5.97 Å². The van der Waals surface area contributed by atoms with Gasteiger partial charge in [0.05, 0.1) is 10.1 Å². The third-order valence-corrected chi connectivity index (χ3v) is 5.46. The van der Waals surface area contributed by atoms with E-state index >= 15 is 0 Å². The second-order valence-corrected chi connectivity index (χ2v) is 7.27. The summed E-state index contributed by atoms with van der Waals surface area (Å²) in [5.74, 6) is -0.379. The van der Waals surface area contributed by atoms with Crippen molar-refractivity contribution >= 4 is 29.1 Å². The van der Waals surface area contributed by atoms with E-state index in [1.54, 1.807) is 11.8 Å². The highest BCUT2D eigenvalue weighted by molar-refractivity contribution is 8.00. The molecule has 2 unspecified atom stereocenters. The third kappa shape index (κ3) is 3.49. The highest BCUT2D eigenvalue weighted by Gasteiger charge is 2.29. The molecule has 0 spiro atoms. The molecule has 5 heteroatoms. The molecule has 1 fully saturated rings. The van der Waals surface area contributed by atoms with E-state index in [2.05, 4.69) is 30.2 Å². The second kappa shape index (κ2) is 6.08. The Morgan fingerprint density at radius 3 is 2.94 bits per heavy atom. The summed E-state index contributed by atoms with van der Waals surface area (Å²) in [7, 11) is 0. The smallest absolute Gasteiger partial charge is 0.307 e. The van der Waals surface area contributed by atoms with E-state index < -0.39 is 5.97 Å². The maximum atomic E-state index is 11.1. The Bertz CT molecular complexity index is 419. The van der Waals surface area contributed by atoms with Gasteiger partial charge in [0.25, 0.3) is 0 Å². The summed E-state index contributed by atoms with van der Waals surface area (Å²) in [5, 5.41) is 9.15. The van der Waals surface area contributed by atoms with Gasteiger partial charge < -0.3 is 5.11 Å². The van der Waals surface area contributed by atoms with Gasteiger partial charge in [-0.05, 0) is 30.7 Å². The number of carboxylic acid groups (broad SMARTS) is 1. The molecule has 0 bridgehead atoms. The van der Waals surface area contributed by atoms with Crippen molar-refractivity contribution in [2.24, 2.45) is 11.8 Å². The molecule has 18 heavy (non-hydrogen) atoms. The number of carboxylic acids is 1. The molecule has 2 atom stereocenters. The van der Waals surface area contributed by atoms with E-state index in [0.29, 0.717) is 12.5 Å². The summed E-state index contributed by atoms with van der Waals surface area (Å²) in [6.07, 6.45) is 2.89. The van der Waals surface area contributed by atoms with Crippen molar-refractivity contribution < 1.29 is 9.90 Å². The van der Waals surface area contributed by atoms with E-state index in [1.807, 2.05) is 11.3 Å². The maximum absolute atomic E-state index is 11.1. The molecule has 1 N–H and O–H groups in total. The summed E-state index contributed by atoms with van der Waals surface area (Å²) in [4.78, 5) is 14.7. The fourth-order valence-corrected chi connectivity index (χ4v) is 4.18. The van der Waals surface area contributed by atoms with Gasteiger partial charge in [-0.1, -0.05) is 6.92 Å². The van der Waals surface area contributed by atoms with Crippen LogP contribution in [-0.4, -0.2) is 35.3 Å². The minimum absolute atomic E-state index is 0.200. The molecule has 0 radical (unpaired) electrons. The zero-order valence-electron chi connectivity index (χ0n) is 10.8. The fraction of sp³-hybridized carbons (Fsp3) is 0.615. The van der Waals surface area contributed by atoms with Crippen molar-refractivity contribution in [3.05, 3.63) is 17.0 Å². The SMILES string of the molecule is CSc1ccc(CN2CC(C)CC(C(=O)O)C2)s1. The van der Waals surface area contributed by atoms with E-state index in [4.69, 9.17) is 5.11 Å². The zero-order chi connectivity index (χ0) is 13.1. The molecule has 1 saturated heterocycles.